The van der Waals surface area contributed by atoms with Crippen LogP contribution in [0.25, 0.3) is 0 Å². The van der Waals surface area contributed by atoms with Crippen LogP contribution in [0.4, 0.5) is 28.0 Å². The first-order valence-electron chi connectivity index (χ1n) is 7.74. The zero-order valence-corrected chi connectivity index (χ0v) is 13.5. The van der Waals surface area contributed by atoms with Crippen molar-refractivity contribution in [1.29, 1.82) is 0 Å². The minimum Gasteiger partial charge on any atom is -0.465 e. The number of carbonyl (C=O) groups excluding carboxylic acids is 2. The molecule has 1 heterocycles. The van der Waals surface area contributed by atoms with Gasteiger partial charge in [-0.3, -0.25) is 4.79 Å². The van der Waals surface area contributed by atoms with Crippen molar-refractivity contribution >= 4 is 24.0 Å². The molecule has 2 rings (SSSR count). The molecule has 0 aromatic heterocycles. The topological polar surface area (TPSA) is 77.9 Å². The average molecular weight is 376 g/mol. The molecule has 6 nitrogen and oxygen atoms in total. The molecular formula is C16H16F4N2O4. The van der Waals surface area contributed by atoms with Crippen molar-refractivity contribution in [3.8, 4) is 0 Å². The molecule has 1 aliphatic heterocycles. The summed E-state index contributed by atoms with van der Waals surface area (Å²) in [4.78, 5) is 36.4. The van der Waals surface area contributed by atoms with Gasteiger partial charge < -0.3 is 19.7 Å². The fourth-order valence-corrected chi connectivity index (χ4v) is 2.83. The summed E-state index contributed by atoms with van der Waals surface area (Å²) in [6.07, 6.45) is -5.32. The SMILES string of the molecule is O=CCN(C(=O)C1CCN(C(=O)O)CC1)c1ccc(F)c(C(F)(F)F)c1. The van der Waals surface area contributed by atoms with Crippen molar-refractivity contribution in [3.63, 3.8) is 0 Å². The number of carboxylic acid groups (broad SMARTS) is 1. The number of piperidine rings is 1. The number of alkyl halides is 3. The molecule has 1 aromatic rings. The number of nitrogens with zero attached hydrogens (tertiary/aromatic N) is 2. The highest BCUT2D eigenvalue weighted by atomic mass is 19.4. The maximum atomic E-state index is 13.4. The van der Waals surface area contributed by atoms with Gasteiger partial charge in [-0.15, -0.1) is 0 Å². The summed E-state index contributed by atoms with van der Waals surface area (Å²) in [6.45, 7) is -0.267. The summed E-state index contributed by atoms with van der Waals surface area (Å²) < 4.78 is 52.1. The molecular weight excluding hydrogens is 360 g/mol. The van der Waals surface area contributed by atoms with Crippen LogP contribution in [0.15, 0.2) is 18.2 Å². The molecule has 0 unspecified atom stereocenters. The van der Waals surface area contributed by atoms with Crippen LogP contribution in [0, 0.1) is 11.7 Å². The lowest BCUT2D eigenvalue weighted by atomic mass is 9.95. The Morgan fingerprint density at radius 2 is 1.88 bits per heavy atom. The summed E-state index contributed by atoms with van der Waals surface area (Å²) >= 11 is 0. The largest absolute Gasteiger partial charge is 0.465 e. The van der Waals surface area contributed by atoms with E-state index in [-0.39, 0.29) is 31.6 Å². The second-order valence-corrected chi connectivity index (χ2v) is 5.82. The molecule has 10 heteroatoms. The first-order valence-corrected chi connectivity index (χ1v) is 7.74. The number of carbonyl (C=O) groups is 3. The lowest BCUT2D eigenvalue weighted by Crippen LogP contribution is -2.44. The second kappa shape index (κ2) is 7.71. The molecule has 0 aliphatic carbocycles. The summed E-state index contributed by atoms with van der Waals surface area (Å²) in [5.41, 5.74) is -1.77. The third-order valence-corrected chi connectivity index (χ3v) is 4.20. The second-order valence-electron chi connectivity index (χ2n) is 5.82. The molecule has 26 heavy (non-hydrogen) atoms. The van der Waals surface area contributed by atoms with E-state index in [0.29, 0.717) is 18.4 Å². The monoisotopic (exact) mass is 376 g/mol. The fourth-order valence-electron chi connectivity index (χ4n) is 2.83. The smallest absolute Gasteiger partial charge is 0.419 e. The van der Waals surface area contributed by atoms with E-state index in [1.807, 2.05) is 0 Å². The van der Waals surface area contributed by atoms with Crippen LogP contribution in [-0.4, -0.2) is 47.9 Å². The number of amides is 2. The van der Waals surface area contributed by atoms with Crippen LogP contribution >= 0.6 is 0 Å². The first kappa shape index (κ1) is 19.7. The van der Waals surface area contributed by atoms with Gasteiger partial charge in [-0.1, -0.05) is 0 Å². The van der Waals surface area contributed by atoms with E-state index in [9.17, 15) is 31.9 Å². The predicted molar refractivity (Wildman–Crippen MR) is 82.1 cm³/mol. The van der Waals surface area contributed by atoms with Gasteiger partial charge in [0.05, 0.1) is 12.1 Å². The molecule has 1 aromatic carbocycles. The molecule has 0 spiro atoms. The van der Waals surface area contributed by atoms with Gasteiger partial charge in [0.25, 0.3) is 0 Å². The van der Waals surface area contributed by atoms with Crippen molar-refractivity contribution in [2.24, 2.45) is 5.92 Å². The summed E-state index contributed by atoms with van der Waals surface area (Å²) in [6, 6.07) is 2.08. The Bertz CT molecular complexity index is 700. The number of hydrogen-bond acceptors (Lipinski definition) is 3. The average Bonchev–Trinajstić information content (AvgIpc) is 2.59. The van der Waals surface area contributed by atoms with Crippen molar-refractivity contribution in [1.82, 2.24) is 4.90 Å². The third kappa shape index (κ3) is 4.30. The Balaban J connectivity index is 2.25. The van der Waals surface area contributed by atoms with E-state index >= 15 is 0 Å². The highest BCUT2D eigenvalue weighted by Crippen LogP contribution is 2.34. The fraction of sp³-hybridized carbons (Fsp3) is 0.438. The van der Waals surface area contributed by atoms with Gasteiger partial charge >= 0.3 is 12.3 Å². The molecule has 1 aliphatic rings. The number of rotatable bonds is 4. The number of benzene rings is 1. The van der Waals surface area contributed by atoms with Crippen LogP contribution in [0.5, 0.6) is 0 Å². The number of likely N-dealkylation sites (tertiary alicyclic amines) is 1. The normalized spacial score (nSPS) is 15.6. The highest BCUT2D eigenvalue weighted by molar-refractivity contribution is 5.97. The quantitative estimate of drug-likeness (QED) is 0.648. The van der Waals surface area contributed by atoms with E-state index in [1.165, 1.54) is 0 Å². The molecule has 0 atom stereocenters. The Morgan fingerprint density at radius 1 is 1.27 bits per heavy atom. The van der Waals surface area contributed by atoms with E-state index in [1.54, 1.807) is 0 Å². The minimum absolute atomic E-state index is 0.109. The number of halogens is 4. The van der Waals surface area contributed by atoms with Gasteiger partial charge in [0.1, 0.15) is 12.1 Å². The van der Waals surface area contributed by atoms with E-state index in [4.69, 9.17) is 5.11 Å². The van der Waals surface area contributed by atoms with Crippen molar-refractivity contribution < 1.29 is 37.1 Å². The third-order valence-electron chi connectivity index (χ3n) is 4.20. The number of aldehydes is 1. The Kier molecular flexibility index (Phi) is 5.83. The number of anilines is 1. The first-order chi connectivity index (χ1) is 12.1. The molecule has 1 N–H and O–H groups in total. The summed E-state index contributed by atoms with van der Waals surface area (Å²) in [5.74, 6) is -2.71. The van der Waals surface area contributed by atoms with Crippen LogP contribution in [0.1, 0.15) is 18.4 Å². The van der Waals surface area contributed by atoms with Gasteiger partial charge in [-0.05, 0) is 31.0 Å². The highest BCUT2D eigenvalue weighted by Gasteiger charge is 2.36. The molecule has 0 saturated carbocycles. The standard InChI is InChI=1S/C16H16F4N2O4/c17-13-2-1-11(9-12(13)16(18,19)20)22(7-8-23)14(24)10-3-5-21(6-4-10)15(25)26/h1-2,8-10H,3-7H2,(H,25,26). The van der Waals surface area contributed by atoms with Crippen LogP contribution in [-0.2, 0) is 15.8 Å². The van der Waals surface area contributed by atoms with Crippen molar-refractivity contribution in [2.45, 2.75) is 19.0 Å². The van der Waals surface area contributed by atoms with Crippen molar-refractivity contribution in [2.75, 3.05) is 24.5 Å². The Hall–Kier alpha value is -2.65. The molecule has 142 valence electrons. The minimum atomic E-state index is -4.94. The Morgan fingerprint density at radius 3 is 2.38 bits per heavy atom. The number of hydrogen-bond donors (Lipinski definition) is 1. The van der Waals surface area contributed by atoms with Crippen molar-refractivity contribution in [3.05, 3.63) is 29.6 Å². The van der Waals surface area contributed by atoms with Crippen LogP contribution in [0.2, 0.25) is 0 Å². The predicted octanol–water partition coefficient (Wildman–Crippen LogP) is 2.77. The van der Waals surface area contributed by atoms with E-state index in [0.717, 1.165) is 15.9 Å². The van der Waals surface area contributed by atoms with Gasteiger partial charge in [-0.2, -0.15) is 13.2 Å². The van der Waals surface area contributed by atoms with Crippen LogP contribution in [0.3, 0.4) is 0 Å². The lowest BCUT2D eigenvalue weighted by molar-refractivity contribution is -0.140. The van der Waals surface area contributed by atoms with Gasteiger partial charge in [0.15, 0.2) is 0 Å². The summed E-state index contributed by atoms with van der Waals surface area (Å²) in [5, 5.41) is 8.91. The lowest BCUT2D eigenvalue weighted by Gasteiger charge is -2.32. The summed E-state index contributed by atoms with van der Waals surface area (Å²) in [7, 11) is 0. The maximum Gasteiger partial charge on any atom is 0.419 e. The van der Waals surface area contributed by atoms with E-state index < -0.39 is 42.0 Å². The zero-order valence-electron chi connectivity index (χ0n) is 13.5. The zero-order chi connectivity index (χ0) is 19.5. The maximum absolute atomic E-state index is 13.4. The Labute approximate surface area is 146 Å². The molecule has 0 radical (unpaired) electrons. The van der Waals surface area contributed by atoms with Gasteiger partial charge in [-0.25, -0.2) is 9.18 Å². The molecule has 1 fully saturated rings. The van der Waals surface area contributed by atoms with Gasteiger partial charge in [0.2, 0.25) is 5.91 Å². The molecule has 2 amide bonds. The molecule has 1 saturated heterocycles. The van der Waals surface area contributed by atoms with Crippen LogP contribution < -0.4 is 4.90 Å². The van der Waals surface area contributed by atoms with Gasteiger partial charge in [0, 0.05) is 24.7 Å². The van der Waals surface area contributed by atoms with E-state index in [2.05, 4.69) is 0 Å². The molecule has 0 bridgehead atoms.